The van der Waals surface area contributed by atoms with E-state index in [-0.39, 0.29) is 66.4 Å². The Balaban J connectivity index is 1.20. The molecule has 0 radical (unpaired) electrons. The fourth-order valence-corrected chi connectivity index (χ4v) is 15.2. The molecule has 15 nitrogen and oxygen atoms in total. The molecule has 70 heavy (non-hydrogen) atoms. The summed E-state index contributed by atoms with van der Waals surface area (Å²) in [6.45, 7) is 21.9. The van der Waals surface area contributed by atoms with Gasteiger partial charge in [-0.15, -0.1) is 0 Å². The zero-order valence-corrected chi connectivity index (χ0v) is 43.7. The van der Waals surface area contributed by atoms with E-state index in [0.29, 0.717) is 34.9 Å². The van der Waals surface area contributed by atoms with E-state index in [1.54, 1.807) is 75.9 Å². The van der Waals surface area contributed by atoms with Crippen LogP contribution in [0.5, 0.6) is 11.5 Å². The SMILES string of the molecule is COc1cc2c(cc1OCc1ccccc1)N(C(=O)OCc1ccc(NC(=O)[C@H](CO[Si](C(C)C)(C(C)C)C(C)C)NC(=O)[C@@H](NC(=O)OC(C)(C)C)C(C)C)cc1)C[C@@H]1Cc3ccccc3N1C2=O. The number of carbonyl (C=O) groups excluding carboxylic acids is 5. The highest BCUT2D eigenvalue weighted by Gasteiger charge is 2.46. The Hall–Kier alpha value is -6.39. The van der Waals surface area contributed by atoms with Crippen LogP contribution in [0.3, 0.4) is 0 Å². The standard InChI is InChI=1S/C54H71N5O10Si/c1-33(2)48(57-52(63)69-54(9,10)11)50(61)56-43(32-68-70(34(3)4,35(5)6)36(7)8)49(60)55-40-24-22-38(23-25-40)31-67-53(64)58-29-41-26-39-20-16-17-21-44(39)59(41)51(62)42-27-46(65-12)47(28-45(42)58)66-30-37-18-14-13-15-19-37/h13-25,27-28,33-36,41,43,48H,26,29-32H2,1-12H3,(H,55,60)(H,56,61)(H,57,63)/t41-,43-,48-/m0/s1. The molecule has 0 fully saturated rings. The molecule has 4 aromatic carbocycles. The molecule has 0 bridgehead atoms. The van der Waals surface area contributed by atoms with Crippen molar-refractivity contribution in [3.63, 3.8) is 0 Å². The zero-order chi connectivity index (χ0) is 51.1. The van der Waals surface area contributed by atoms with Crippen LogP contribution in [0.1, 0.15) is 103 Å². The summed E-state index contributed by atoms with van der Waals surface area (Å²) in [5.41, 5.74) is 4.29. The minimum absolute atomic E-state index is 0.0764. The van der Waals surface area contributed by atoms with Gasteiger partial charge in [-0.3, -0.25) is 19.3 Å². The van der Waals surface area contributed by atoms with Gasteiger partial charge in [0.2, 0.25) is 11.8 Å². The first kappa shape index (κ1) is 53.0. The highest BCUT2D eigenvalue weighted by molar-refractivity contribution is 6.77. The second-order valence-electron chi connectivity index (χ2n) is 20.4. The molecule has 4 aromatic rings. The van der Waals surface area contributed by atoms with Gasteiger partial charge in [0.1, 0.15) is 30.9 Å². The van der Waals surface area contributed by atoms with E-state index in [4.69, 9.17) is 23.4 Å². The number of anilines is 3. The van der Waals surface area contributed by atoms with Gasteiger partial charge in [-0.05, 0) is 90.7 Å². The van der Waals surface area contributed by atoms with Crippen molar-refractivity contribution in [3.05, 3.63) is 113 Å². The largest absolute Gasteiger partial charge is 0.493 e. The summed E-state index contributed by atoms with van der Waals surface area (Å²) in [5.74, 6) is -0.945. The van der Waals surface area contributed by atoms with Gasteiger partial charge in [0.15, 0.2) is 19.8 Å². The molecule has 3 N–H and O–H groups in total. The van der Waals surface area contributed by atoms with E-state index in [0.717, 1.165) is 16.8 Å². The van der Waals surface area contributed by atoms with Gasteiger partial charge >= 0.3 is 12.2 Å². The van der Waals surface area contributed by atoms with Crippen LogP contribution in [0.15, 0.2) is 91.0 Å². The van der Waals surface area contributed by atoms with Crippen LogP contribution in [-0.2, 0) is 43.1 Å². The van der Waals surface area contributed by atoms with E-state index in [2.05, 4.69) is 57.5 Å². The molecule has 0 spiro atoms. The number of alkyl carbamates (subject to hydrolysis) is 1. The number of fused-ring (bicyclic) bond motifs is 4. The lowest BCUT2D eigenvalue weighted by molar-refractivity contribution is -0.129. The number of nitrogens with one attached hydrogen (secondary N) is 3. The first-order chi connectivity index (χ1) is 33.1. The summed E-state index contributed by atoms with van der Waals surface area (Å²) in [7, 11) is -0.979. The summed E-state index contributed by atoms with van der Waals surface area (Å²) in [4.78, 5) is 73.0. The van der Waals surface area contributed by atoms with Crippen molar-refractivity contribution >= 4 is 55.3 Å². The van der Waals surface area contributed by atoms with Crippen LogP contribution in [0, 0.1) is 5.92 Å². The molecule has 2 heterocycles. The second kappa shape index (κ2) is 22.6. The number of nitrogens with zero attached hydrogens (tertiary/aromatic N) is 2. The Morgan fingerprint density at radius 3 is 1.99 bits per heavy atom. The van der Waals surface area contributed by atoms with Crippen molar-refractivity contribution < 1.29 is 47.3 Å². The lowest BCUT2D eigenvalue weighted by atomic mass is 10.0. The monoisotopic (exact) mass is 977 g/mol. The summed E-state index contributed by atoms with van der Waals surface area (Å²) in [5, 5.41) is 8.50. The zero-order valence-electron chi connectivity index (χ0n) is 42.7. The molecular formula is C54H71N5O10Si. The number of ether oxygens (including phenoxy) is 4. The van der Waals surface area contributed by atoms with Crippen LogP contribution in [0.4, 0.5) is 26.7 Å². The number of amides is 5. The maximum atomic E-state index is 14.5. The minimum atomic E-state index is -2.49. The third-order valence-corrected chi connectivity index (χ3v) is 19.1. The number of benzene rings is 4. The highest BCUT2D eigenvalue weighted by Crippen LogP contribution is 2.44. The van der Waals surface area contributed by atoms with Gasteiger partial charge in [0, 0.05) is 17.4 Å². The average molecular weight is 978 g/mol. The maximum Gasteiger partial charge on any atom is 0.414 e. The first-order valence-corrected chi connectivity index (χ1v) is 26.4. The predicted molar refractivity (Wildman–Crippen MR) is 274 cm³/mol. The van der Waals surface area contributed by atoms with Gasteiger partial charge < -0.3 is 44.2 Å². The third kappa shape index (κ3) is 12.3. The van der Waals surface area contributed by atoms with E-state index in [9.17, 15) is 24.0 Å². The molecule has 0 unspecified atom stereocenters. The molecule has 16 heteroatoms. The number of carbonyl (C=O) groups is 5. The van der Waals surface area contributed by atoms with E-state index < -0.39 is 50.0 Å². The molecule has 0 saturated carbocycles. The minimum Gasteiger partial charge on any atom is -0.493 e. The average Bonchev–Trinajstić information content (AvgIpc) is 3.62. The van der Waals surface area contributed by atoms with Gasteiger partial charge in [-0.1, -0.05) is 116 Å². The van der Waals surface area contributed by atoms with Crippen LogP contribution in [0.2, 0.25) is 16.6 Å². The molecule has 0 aliphatic carbocycles. The molecule has 0 saturated heterocycles. The fraction of sp³-hybridized carbons (Fsp3) is 0.463. The highest BCUT2D eigenvalue weighted by atomic mass is 28.4. The van der Waals surface area contributed by atoms with Gasteiger partial charge in [0.25, 0.3) is 5.91 Å². The van der Waals surface area contributed by atoms with Crippen molar-refractivity contribution in [1.82, 2.24) is 10.6 Å². The van der Waals surface area contributed by atoms with E-state index >= 15 is 0 Å². The van der Waals surface area contributed by atoms with Crippen molar-refractivity contribution in [2.45, 2.75) is 136 Å². The Morgan fingerprint density at radius 2 is 1.37 bits per heavy atom. The molecule has 5 amide bonds. The van der Waals surface area contributed by atoms with Crippen molar-refractivity contribution in [3.8, 4) is 11.5 Å². The van der Waals surface area contributed by atoms with Gasteiger partial charge in [0.05, 0.1) is 37.6 Å². The maximum absolute atomic E-state index is 14.5. The molecule has 3 atom stereocenters. The third-order valence-electron chi connectivity index (χ3n) is 13.0. The Morgan fingerprint density at radius 1 is 0.743 bits per heavy atom. The molecule has 6 rings (SSSR count). The van der Waals surface area contributed by atoms with Gasteiger partial charge in [-0.2, -0.15) is 0 Å². The van der Waals surface area contributed by atoms with Crippen LogP contribution < -0.4 is 35.2 Å². The first-order valence-electron chi connectivity index (χ1n) is 24.2. The summed E-state index contributed by atoms with van der Waals surface area (Å²) in [6, 6.07) is 25.0. The molecule has 376 valence electrons. The quantitative estimate of drug-likeness (QED) is 0.0815. The predicted octanol–water partition coefficient (Wildman–Crippen LogP) is 10.2. The Labute approximate surface area is 414 Å². The number of rotatable bonds is 18. The van der Waals surface area contributed by atoms with E-state index in [1.165, 1.54) is 12.0 Å². The summed E-state index contributed by atoms with van der Waals surface area (Å²) in [6.07, 6.45) is -0.853. The van der Waals surface area contributed by atoms with Gasteiger partial charge in [-0.25, -0.2) is 9.59 Å². The van der Waals surface area contributed by atoms with Crippen LogP contribution in [0.25, 0.3) is 0 Å². The second-order valence-corrected chi connectivity index (χ2v) is 25.8. The van der Waals surface area contributed by atoms with Crippen LogP contribution >= 0.6 is 0 Å². The molecular weight excluding hydrogens is 907 g/mol. The number of hydrogen-bond donors (Lipinski definition) is 3. The lowest BCUT2D eigenvalue weighted by Crippen LogP contribution is -2.58. The molecule has 2 aliphatic heterocycles. The fourth-order valence-electron chi connectivity index (χ4n) is 9.72. The topological polar surface area (TPSA) is 174 Å². The van der Waals surface area contributed by atoms with Crippen molar-refractivity contribution in [2.75, 3.05) is 35.4 Å². The lowest BCUT2D eigenvalue weighted by Gasteiger charge is -2.43. The summed E-state index contributed by atoms with van der Waals surface area (Å²) < 4.78 is 30.2. The number of hydrogen-bond acceptors (Lipinski definition) is 10. The number of methoxy groups -OCH3 is 1. The smallest absolute Gasteiger partial charge is 0.414 e. The Bertz CT molecular complexity index is 2470. The van der Waals surface area contributed by atoms with Crippen LogP contribution in [-0.4, -0.2) is 82.2 Å². The molecule has 0 aromatic heterocycles. The molecule has 2 aliphatic rings. The van der Waals surface area contributed by atoms with E-state index in [1.807, 2.05) is 54.6 Å². The van der Waals surface area contributed by atoms with Crippen molar-refractivity contribution in [1.29, 1.82) is 0 Å². The Kier molecular flexibility index (Phi) is 17.1. The summed E-state index contributed by atoms with van der Waals surface area (Å²) >= 11 is 0. The normalized spacial score (nSPS) is 15.4. The van der Waals surface area contributed by atoms with Crippen molar-refractivity contribution in [2.24, 2.45) is 5.92 Å². The number of para-hydroxylation sites is 1.